The summed E-state index contributed by atoms with van der Waals surface area (Å²) in [4.78, 5) is 14.8. The van der Waals surface area contributed by atoms with Crippen molar-refractivity contribution in [3.63, 3.8) is 0 Å². The minimum Gasteiger partial charge on any atom is -0.337 e. The number of nitrogens with one attached hydrogen (secondary N) is 1. The van der Waals surface area contributed by atoms with E-state index in [4.69, 9.17) is 0 Å². The molecule has 1 aromatic carbocycles. The summed E-state index contributed by atoms with van der Waals surface area (Å²) in [5.41, 5.74) is 1.26. The first kappa shape index (κ1) is 24.7. The second-order valence-electron chi connectivity index (χ2n) is 9.88. The van der Waals surface area contributed by atoms with Crippen LogP contribution in [0.4, 0.5) is 13.2 Å². The Labute approximate surface area is 198 Å². The lowest BCUT2D eigenvalue weighted by molar-refractivity contribution is -0.138. The maximum absolute atomic E-state index is 13.4. The van der Waals surface area contributed by atoms with Crippen molar-refractivity contribution in [2.45, 2.75) is 63.4 Å². The van der Waals surface area contributed by atoms with Crippen molar-refractivity contribution in [1.29, 1.82) is 0 Å². The molecule has 11 heteroatoms. The fraction of sp³-hybridized carbons (Fsp3) is 0.565. The summed E-state index contributed by atoms with van der Waals surface area (Å²) in [5.74, 6) is -0.543. The van der Waals surface area contributed by atoms with Gasteiger partial charge in [-0.1, -0.05) is 18.2 Å². The minimum absolute atomic E-state index is 0. The molecule has 2 aliphatic rings. The van der Waals surface area contributed by atoms with Gasteiger partial charge in [-0.05, 0) is 57.6 Å². The molecule has 34 heavy (non-hydrogen) atoms. The molecule has 1 amide bonds. The summed E-state index contributed by atoms with van der Waals surface area (Å²) < 4.78 is 66.3. The average molecular weight is 501 g/mol. The summed E-state index contributed by atoms with van der Waals surface area (Å²) in [7, 11) is -3.51. The van der Waals surface area contributed by atoms with E-state index >= 15 is 0 Å². The van der Waals surface area contributed by atoms with Crippen LogP contribution in [0.15, 0.2) is 24.3 Å². The number of alkyl halides is 3. The number of aromatic nitrogens is 2. The molecule has 1 fully saturated rings. The number of sulfonamides is 1. The molecule has 3 heterocycles. The van der Waals surface area contributed by atoms with Crippen molar-refractivity contribution in [2.24, 2.45) is 0 Å². The van der Waals surface area contributed by atoms with Gasteiger partial charge in [0.15, 0.2) is 5.69 Å². The number of H-pyrrole nitrogens is 1. The SMILES string of the molecule is CC(C)(C)S(=O)(=O)N1CCc2c(C(=O)N3CCC(c4ccccc4C(F)(F)F)CC3)n[nH]c2C1.[HH]. The molecular formula is C23H31F3N4O3S. The van der Waals surface area contributed by atoms with E-state index in [1.54, 1.807) is 31.7 Å². The molecule has 7 nitrogen and oxygen atoms in total. The van der Waals surface area contributed by atoms with Crippen molar-refractivity contribution < 1.29 is 27.8 Å². The number of likely N-dealkylation sites (tertiary alicyclic amines) is 1. The van der Waals surface area contributed by atoms with Gasteiger partial charge >= 0.3 is 6.18 Å². The zero-order valence-corrected chi connectivity index (χ0v) is 20.3. The molecular weight excluding hydrogens is 469 g/mol. The second kappa shape index (κ2) is 8.67. The third kappa shape index (κ3) is 4.47. The fourth-order valence-corrected chi connectivity index (χ4v) is 6.12. The minimum atomic E-state index is -4.41. The third-order valence-corrected chi connectivity index (χ3v) is 9.24. The van der Waals surface area contributed by atoms with Crippen LogP contribution in [-0.2, 0) is 29.2 Å². The van der Waals surface area contributed by atoms with E-state index in [0.29, 0.717) is 38.0 Å². The maximum Gasteiger partial charge on any atom is 0.416 e. The number of benzene rings is 1. The smallest absolute Gasteiger partial charge is 0.337 e. The Morgan fingerprint density at radius 2 is 1.76 bits per heavy atom. The van der Waals surface area contributed by atoms with E-state index < -0.39 is 26.5 Å². The van der Waals surface area contributed by atoms with Crippen LogP contribution in [0, 0.1) is 0 Å². The lowest BCUT2D eigenvalue weighted by Gasteiger charge is -2.34. The Bertz CT molecular complexity index is 1180. The van der Waals surface area contributed by atoms with E-state index in [1.807, 2.05) is 0 Å². The van der Waals surface area contributed by atoms with Gasteiger partial charge in [-0.3, -0.25) is 9.89 Å². The summed E-state index contributed by atoms with van der Waals surface area (Å²) in [5, 5.41) is 7.02. The van der Waals surface area contributed by atoms with E-state index in [-0.39, 0.29) is 37.6 Å². The first-order chi connectivity index (χ1) is 15.8. The highest BCUT2D eigenvalue weighted by molar-refractivity contribution is 7.90. The number of fused-ring (bicyclic) bond motifs is 1. The van der Waals surface area contributed by atoms with E-state index in [1.165, 1.54) is 16.4 Å². The quantitative estimate of drug-likeness (QED) is 0.685. The first-order valence-electron chi connectivity index (χ1n) is 11.3. The molecule has 0 unspecified atom stereocenters. The van der Waals surface area contributed by atoms with E-state index in [0.717, 1.165) is 11.6 Å². The number of hydrogen-bond donors (Lipinski definition) is 1. The number of aromatic amines is 1. The van der Waals surface area contributed by atoms with E-state index in [2.05, 4.69) is 10.2 Å². The average Bonchev–Trinajstić information content (AvgIpc) is 3.21. The topological polar surface area (TPSA) is 86.4 Å². The van der Waals surface area contributed by atoms with Gasteiger partial charge in [-0.15, -0.1) is 0 Å². The maximum atomic E-state index is 13.4. The largest absolute Gasteiger partial charge is 0.416 e. The van der Waals surface area contributed by atoms with Crippen LogP contribution in [0.2, 0.25) is 0 Å². The lowest BCUT2D eigenvalue weighted by Crippen LogP contribution is -2.45. The molecule has 0 atom stereocenters. The predicted molar refractivity (Wildman–Crippen MR) is 123 cm³/mol. The number of carbonyl (C=O) groups is 1. The molecule has 0 bridgehead atoms. The van der Waals surface area contributed by atoms with Crippen LogP contribution in [0.25, 0.3) is 0 Å². The highest BCUT2D eigenvalue weighted by Crippen LogP contribution is 2.39. The van der Waals surface area contributed by atoms with Gasteiger partial charge in [0.1, 0.15) is 0 Å². The van der Waals surface area contributed by atoms with Crippen molar-refractivity contribution in [3.8, 4) is 0 Å². The van der Waals surface area contributed by atoms with Gasteiger partial charge in [0.2, 0.25) is 10.0 Å². The van der Waals surface area contributed by atoms with Crippen molar-refractivity contribution in [2.75, 3.05) is 19.6 Å². The molecule has 2 aromatic rings. The van der Waals surface area contributed by atoms with Gasteiger partial charge < -0.3 is 4.90 Å². The molecule has 2 aliphatic heterocycles. The number of amides is 1. The van der Waals surface area contributed by atoms with Crippen LogP contribution >= 0.6 is 0 Å². The third-order valence-electron chi connectivity index (χ3n) is 6.70. The molecule has 1 N–H and O–H groups in total. The number of nitrogens with zero attached hydrogens (tertiary/aromatic N) is 3. The normalized spacial score (nSPS) is 18.7. The molecule has 0 radical (unpaired) electrons. The fourth-order valence-electron chi connectivity index (χ4n) is 4.72. The van der Waals surface area contributed by atoms with Crippen molar-refractivity contribution in [1.82, 2.24) is 19.4 Å². The standard InChI is InChI=1S/C23H29F3N4O3S.H2/c1-22(2,3)34(32,33)30-13-10-17-19(14-30)27-28-20(17)21(31)29-11-8-15(9-12-29)16-6-4-5-7-18(16)23(24,25)26;/h4-7,15H,8-14H2,1-3H3,(H,27,28);1H. The van der Waals surface area contributed by atoms with Crippen molar-refractivity contribution in [3.05, 3.63) is 52.3 Å². The van der Waals surface area contributed by atoms with Gasteiger partial charge in [0.05, 0.1) is 22.5 Å². The highest BCUT2D eigenvalue weighted by atomic mass is 32.2. The Kier molecular flexibility index (Phi) is 6.30. The Morgan fingerprint density at radius 3 is 2.38 bits per heavy atom. The lowest BCUT2D eigenvalue weighted by atomic mass is 9.86. The Balaban J connectivity index is 0.00000342. The Morgan fingerprint density at radius 1 is 1.12 bits per heavy atom. The van der Waals surface area contributed by atoms with Crippen LogP contribution in [0.1, 0.15) is 73.8 Å². The van der Waals surface area contributed by atoms with Crippen LogP contribution in [0.3, 0.4) is 0 Å². The van der Waals surface area contributed by atoms with Crippen LogP contribution in [-0.4, -0.2) is 58.1 Å². The number of hydrogen-bond acceptors (Lipinski definition) is 4. The first-order valence-corrected chi connectivity index (χ1v) is 12.8. The van der Waals surface area contributed by atoms with Crippen molar-refractivity contribution >= 4 is 15.9 Å². The summed E-state index contributed by atoms with van der Waals surface area (Å²) in [6, 6.07) is 5.62. The monoisotopic (exact) mass is 500 g/mol. The number of piperidine rings is 1. The predicted octanol–water partition coefficient (Wildman–Crippen LogP) is 4.18. The van der Waals surface area contributed by atoms with Gasteiger partial charge in [-0.25, -0.2) is 8.42 Å². The summed E-state index contributed by atoms with van der Waals surface area (Å²) in [6.45, 7) is 6.02. The highest BCUT2D eigenvalue weighted by Gasteiger charge is 2.40. The Hall–Kier alpha value is -2.40. The zero-order valence-electron chi connectivity index (χ0n) is 19.4. The molecule has 0 aliphatic carbocycles. The molecule has 188 valence electrons. The van der Waals surface area contributed by atoms with Gasteiger partial charge in [0, 0.05) is 26.6 Å². The number of carbonyl (C=O) groups excluding carboxylic acids is 1. The molecule has 0 saturated carbocycles. The zero-order chi connectivity index (χ0) is 24.9. The van der Waals surface area contributed by atoms with Gasteiger partial charge in [-0.2, -0.15) is 22.6 Å². The van der Waals surface area contributed by atoms with Crippen LogP contribution in [0.5, 0.6) is 0 Å². The molecule has 1 aromatic heterocycles. The molecule has 4 rings (SSSR count). The molecule has 1 saturated heterocycles. The number of halogens is 3. The summed E-state index contributed by atoms with van der Waals surface area (Å²) in [6.07, 6.45) is -3.17. The second-order valence-corrected chi connectivity index (χ2v) is 12.6. The molecule has 0 spiro atoms. The van der Waals surface area contributed by atoms with E-state index in [9.17, 15) is 26.4 Å². The number of rotatable bonds is 3. The van der Waals surface area contributed by atoms with Crippen LogP contribution < -0.4 is 0 Å². The summed E-state index contributed by atoms with van der Waals surface area (Å²) >= 11 is 0. The van der Waals surface area contributed by atoms with Gasteiger partial charge in [0.25, 0.3) is 5.91 Å².